The molecule has 6 heteroatoms. The number of phenolic OH excluding ortho intramolecular Hbond substituents is 1. The molecular formula is C28H40O5Si. The summed E-state index contributed by atoms with van der Waals surface area (Å²) in [4.78, 5) is 12.7. The molecule has 186 valence electrons. The van der Waals surface area contributed by atoms with E-state index in [2.05, 4.69) is 47.4 Å². The number of phenols is 1. The molecule has 34 heavy (non-hydrogen) atoms. The normalized spacial score (nSPS) is 17.2. The smallest absolute Gasteiger partial charge is 0.336 e. The Kier molecular flexibility index (Phi) is 6.99. The van der Waals surface area contributed by atoms with Crippen LogP contribution < -0.4 is 10.4 Å². The van der Waals surface area contributed by atoms with Crippen molar-refractivity contribution in [3.63, 3.8) is 0 Å². The number of hydrogen-bond acceptors (Lipinski definition) is 5. The summed E-state index contributed by atoms with van der Waals surface area (Å²) < 4.78 is 19.1. The third kappa shape index (κ3) is 4.75. The summed E-state index contributed by atoms with van der Waals surface area (Å²) in [6.07, 6.45) is 6.68. The highest BCUT2D eigenvalue weighted by Crippen LogP contribution is 2.51. The Morgan fingerprint density at radius 3 is 2.50 bits per heavy atom. The van der Waals surface area contributed by atoms with Gasteiger partial charge in [-0.2, -0.15) is 0 Å². The topological polar surface area (TPSA) is 68.9 Å². The first-order chi connectivity index (χ1) is 15.6. The van der Waals surface area contributed by atoms with Crippen molar-refractivity contribution in [2.24, 2.45) is 5.92 Å². The molecule has 5 nitrogen and oxygen atoms in total. The van der Waals surface area contributed by atoms with Crippen LogP contribution in [0, 0.1) is 5.92 Å². The molecule has 2 aromatic rings. The van der Waals surface area contributed by atoms with Crippen LogP contribution in [0.3, 0.4) is 0 Å². The number of aromatic hydroxyl groups is 1. The molecule has 1 N–H and O–H groups in total. The highest BCUT2D eigenvalue weighted by molar-refractivity contribution is 6.74. The lowest BCUT2D eigenvalue weighted by Crippen LogP contribution is -2.42. The average Bonchev–Trinajstić information content (AvgIpc) is 2.70. The van der Waals surface area contributed by atoms with Crippen molar-refractivity contribution in [3.05, 3.63) is 51.9 Å². The molecule has 1 aliphatic rings. The van der Waals surface area contributed by atoms with Gasteiger partial charge in [0.25, 0.3) is 0 Å². The van der Waals surface area contributed by atoms with Gasteiger partial charge in [-0.05, 0) is 56.1 Å². The summed E-state index contributed by atoms with van der Waals surface area (Å²) in [6, 6.07) is 1.54. The number of benzene rings is 1. The number of rotatable bonds is 7. The molecule has 1 aliphatic heterocycles. The summed E-state index contributed by atoms with van der Waals surface area (Å²) in [5.41, 5.74) is 1.28. The van der Waals surface area contributed by atoms with Crippen LogP contribution in [0.25, 0.3) is 17.0 Å². The van der Waals surface area contributed by atoms with E-state index in [1.807, 2.05) is 39.0 Å². The molecule has 0 amide bonds. The van der Waals surface area contributed by atoms with Crippen LogP contribution >= 0.6 is 0 Å². The minimum atomic E-state index is -2.27. The lowest BCUT2D eigenvalue weighted by molar-refractivity contribution is 0.143. The van der Waals surface area contributed by atoms with Crippen molar-refractivity contribution < 1.29 is 18.7 Å². The second-order valence-corrected chi connectivity index (χ2v) is 16.2. The molecule has 0 saturated heterocycles. The zero-order valence-electron chi connectivity index (χ0n) is 22.2. The predicted octanol–water partition coefficient (Wildman–Crippen LogP) is 7.52. The van der Waals surface area contributed by atoms with E-state index < -0.39 is 25.6 Å². The first kappa shape index (κ1) is 26.3. The quantitative estimate of drug-likeness (QED) is 0.250. The van der Waals surface area contributed by atoms with Crippen molar-refractivity contribution in [1.29, 1.82) is 0 Å². The number of hydrogen-bond donors (Lipinski definition) is 1. The van der Waals surface area contributed by atoms with Gasteiger partial charge in [0, 0.05) is 12.0 Å². The van der Waals surface area contributed by atoms with Gasteiger partial charge < -0.3 is 18.7 Å². The van der Waals surface area contributed by atoms with Gasteiger partial charge in [-0.25, -0.2) is 4.79 Å². The molecule has 3 rings (SSSR count). The van der Waals surface area contributed by atoms with Crippen LogP contribution in [0.2, 0.25) is 18.1 Å². The molecule has 1 aromatic carbocycles. The molecule has 0 aliphatic carbocycles. The number of aryl methyl sites for hydroxylation is 1. The molecular weight excluding hydrogens is 444 g/mol. The Labute approximate surface area is 204 Å². The fourth-order valence-electron chi connectivity index (χ4n) is 4.09. The van der Waals surface area contributed by atoms with Gasteiger partial charge in [-0.3, -0.25) is 0 Å². The second kappa shape index (κ2) is 9.04. The molecule has 0 radical (unpaired) electrons. The Balaban J connectivity index is 2.46. The zero-order chi connectivity index (χ0) is 25.6. The predicted molar refractivity (Wildman–Crippen MR) is 142 cm³/mol. The van der Waals surface area contributed by atoms with E-state index in [0.717, 1.165) is 17.4 Å². The van der Waals surface area contributed by atoms with Crippen LogP contribution in [-0.4, -0.2) is 19.0 Å². The zero-order valence-corrected chi connectivity index (χ0v) is 23.2. The molecule has 0 fully saturated rings. The molecule has 0 unspecified atom stereocenters. The Hall–Kier alpha value is -2.31. The van der Waals surface area contributed by atoms with Crippen LogP contribution in [0.5, 0.6) is 11.5 Å². The highest BCUT2D eigenvalue weighted by atomic mass is 28.4. The Bertz CT molecular complexity index is 1180. The summed E-state index contributed by atoms with van der Waals surface area (Å²) in [5, 5.41) is 12.3. The Morgan fingerprint density at radius 2 is 1.94 bits per heavy atom. The first-order valence-corrected chi connectivity index (χ1v) is 15.1. The van der Waals surface area contributed by atoms with E-state index in [-0.39, 0.29) is 16.7 Å². The minimum absolute atomic E-state index is 0.0310. The maximum absolute atomic E-state index is 12.7. The van der Waals surface area contributed by atoms with E-state index in [1.165, 1.54) is 0 Å². The van der Waals surface area contributed by atoms with Gasteiger partial charge in [-0.15, -0.1) is 6.58 Å². The molecule has 0 bridgehead atoms. The van der Waals surface area contributed by atoms with Gasteiger partial charge in [0.1, 0.15) is 17.1 Å². The van der Waals surface area contributed by atoms with Crippen LogP contribution in [0.15, 0.2) is 34.0 Å². The van der Waals surface area contributed by atoms with Crippen LogP contribution in [0.1, 0.15) is 77.7 Å². The lowest BCUT2D eigenvalue weighted by Gasteiger charge is -2.41. The van der Waals surface area contributed by atoms with Crippen molar-refractivity contribution in [2.75, 3.05) is 0 Å². The molecule has 1 aromatic heterocycles. The van der Waals surface area contributed by atoms with E-state index in [4.69, 9.17) is 13.6 Å². The molecule has 2 heterocycles. The Morgan fingerprint density at radius 1 is 1.29 bits per heavy atom. The molecule has 0 spiro atoms. The third-order valence-electron chi connectivity index (χ3n) is 7.17. The lowest BCUT2D eigenvalue weighted by atomic mass is 9.89. The standard InChI is InChI=1S/C28H40O5Si/c1-11-13-18-16-20(29)31-26-21(18)25-19(14-15-28(7,8)32-25)23(30)22(26)24(17(3)12-2)33-34(9,10)27(4,5)6/h12,14-17,24,30H,2,11,13H2,1,3-10H3/t17-,24-/m1/s1. The minimum Gasteiger partial charge on any atom is -0.507 e. The van der Waals surface area contributed by atoms with Crippen LogP contribution in [0.4, 0.5) is 0 Å². The molecule has 0 saturated carbocycles. The van der Waals surface area contributed by atoms with E-state index in [9.17, 15) is 9.90 Å². The third-order valence-corrected chi connectivity index (χ3v) is 11.6. The maximum Gasteiger partial charge on any atom is 0.336 e. The van der Waals surface area contributed by atoms with Crippen molar-refractivity contribution in [1.82, 2.24) is 0 Å². The average molecular weight is 485 g/mol. The number of ether oxygens (including phenoxy) is 1. The maximum atomic E-state index is 12.7. The SMILES string of the molecule is C=C[C@@H](C)[C@@H](O[Si](C)(C)C(C)(C)C)c1c(O)c2c(c3c(CCC)cc(=O)oc13)OC(C)(C)C=C2. The van der Waals surface area contributed by atoms with Gasteiger partial charge in [0.05, 0.1) is 22.6 Å². The number of fused-ring (bicyclic) bond motifs is 3. The summed E-state index contributed by atoms with van der Waals surface area (Å²) in [7, 11) is -2.27. The second-order valence-electron chi connectivity index (χ2n) is 11.5. The summed E-state index contributed by atoms with van der Waals surface area (Å²) in [5.74, 6) is 0.447. The fraction of sp³-hybridized carbons (Fsp3) is 0.536. The van der Waals surface area contributed by atoms with Gasteiger partial charge >= 0.3 is 5.63 Å². The van der Waals surface area contributed by atoms with E-state index in [1.54, 1.807) is 6.07 Å². The highest BCUT2D eigenvalue weighted by Gasteiger charge is 2.42. The van der Waals surface area contributed by atoms with Gasteiger partial charge in [-0.1, -0.05) is 47.1 Å². The van der Waals surface area contributed by atoms with Crippen LogP contribution in [-0.2, 0) is 10.8 Å². The van der Waals surface area contributed by atoms with Gasteiger partial charge in [0.2, 0.25) is 0 Å². The van der Waals surface area contributed by atoms with Crippen molar-refractivity contribution in [3.8, 4) is 11.5 Å². The van der Waals surface area contributed by atoms with E-state index >= 15 is 0 Å². The fourth-order valence-corrected chi connectivity index (χ4v) is 5.41. The van der Waals surface area contributed by atoms with Gasteiger partial charge in [0.15, 0.2) is 13.9 Å². The molecule has 2 atom stereocenters. The van der Waals surface area contributed by atoms with E-state index in [0.29, 0.717) is 28.9 Å². The first-order valence-electron chi connectivity index (χ1n) is 12.2. The summed E-state index contributed by atoms with van der Waals surface area (Å²) >= 11 is 0. The largest absolute Gasteiger partial charge is 0.507 e. The summed E-state index contributed by atoms with van der Waals surface area (Å²) in [6.45, 7) is 22.9. The van der Waals surface area contributed by atoms with Crippen molar-refractivity contribution in [2.45, 2.75) is 91.1 Å². The van der Waals surface area contributed by atoms with Crippen molar-refractivity contribution >= 4 is 25.4 Å². The monoisotopic (exact) mass is 484 g/mol.